The van der Waals surface area contributed by atoms with Gasteiger partial charge in [0.05, 0.1) is 16.7 Å². The first kappa shape index (κ1) is 26.4. The normalized spacial score (nSPS) is 11.5. The van der Waals surface area contributed by atoms with Crippen molar-refractivity contribution in [2.75, 3.05) is 11.9 Å². The van der Waals surface area contributed by atoms with Crippen LogP contribution < -0.4 is 14.2 Å². The van der Waals surface area contributed by atoms with Gasteiger partial charge < -0.3 is 14.2 Å². The summed E-state index contributed by atoms with van der Waals surface area (Å²) in [5.74, 6) is -0.307. The van der Waals surface area contributed by atoms with Gasteiger partial charge in [-0.3, -0.25) is 4.79 Å². The van der Waals surface area contributed by atoms with Crippen molar-refractivity contribution in [1.29, 1.82) is 5.26 Å². The Kier molecular flexibility index (Phi) is 8.65. The molecule has 3 aromatic carbocycles. The molecule has 3 rings (SSSR count). The first-order valence-electron chi connectivity index (χ1n) is 9.98. The number of anilines is 1. The third kappa shape index (κ3) is 6.90. The molecule has 0 bridgehead atoms. The van der Waals surface area contributed by atoms with E-state index in [0.717, 1.165) is 0 Å². The molecular weight excluding hydrogens is 535 g/mol. The van der Waals surface area contributed by atoms with Gasteiger partial charge in [0.15, 0.2) is 5.75 Å². The second-order valence-corrected chi connectivity index (χ2v) is 9.68. The molecule has 0 saturated heterocycles. The number of halogens is 3. The number of carbonyl (C=O) groups is 1. The SMILES string of the molecule is CCOc1ccc(NC(=O)/C(C#N)=C/c2cc(Cl)c(OS(=O)(=O)c3ccc(Cl)cc3)c(Cl)c2)cc1. The van der Waals surface area contributed by atoms with Gasteiger partial charge in [0, 0.05) is 10.7 Å². The summed E-state index contributed by atoms with van der Waals surface area (Å²) in [5.41, 5.74) is 0.523. The maximum Gasteiger partial charge on any atom is 0.339 e. The predicted molar refractivity (Wildman–Crippen MR) is 136 cm³/mol. The number of hydrogen-bond acceptors (Lipinski definition) is 6. The lowest BCUT2D eigenvalue weighted by molar-refractivity contribution is -0.112. The summed E-state index contributed by atoms with van der Waals surface area (Å²) in [4.78, 5) is 12.4. The van der Waals surface area contributed by atoms with Crippen LogP contribution in [0.2, 0.25) is 15.1 Å². The Labute approximate surface area is 217 Å². The maximum atomic E-state index is 12.6. The third-order valence-corrected chi connectivity index (χ3v) is 6.46. The monoisotopic (exact) mass is 550 g/mol. The van der Waals surface area contributed by atoms with Crippen molar-refractivity contribution < 1.29 is 22.1 Å². The van der Waals surface area contributed by atoms with Crippen LogP contribution in [0.4, 0.5) is 5.69 Å². The van der Waals surface area contributed by atoms with Crippen molar-refractivity contribution in [2.24, 2.45) is 0 Å². The summed E-state index contributed by atoms with van der Waals surface area (Å²) in [6, 6.07) is 16.5. The Balaban J connectivity index is 1.81. The second kappa shape index (κ2) is 11.5. The van der Waals surface area contributed by atoms with E-state index in [1.54, 1.807) is 24.3 Å². The number of ether oxygens (including phenoxy) is 1. The summed E-state index contributed by atoms with van der Waals surface area (Å²) in [6.45, 7) is 2.37. The van der Waals surface area contributed by atoms with Crippen LogP contribution in [0.1, 0.15) is 12.5 Å². The Morgan fingerprint density at radius 1 is 1.03 bits per heavy atom. The van der Waals surface area contributed by atoms with Gasteiger partial charge in [-0.25, -0.2) is 0 Å². The van der Waals surface area contributed by atoms with Gasteiger partial charge >= 0.3 is 10.1 Å². The highest BCUT2D eigenvalue weighted by Gasteiger charge is 2.21. The predicted octanol–water partition coefficient (Wildman–Crippen LogP) is 6.36. The molecule has 180 valence electrons. The minimum atomic E-state index is -4.24. The van der Waals surface area contributed by atoms with Crippen molar-refractivity contribution in [3.63, 3.8) is 0 Å². The molecule has 0 atom stereocenters. The summed E-state index contributed by atoms with van der Waals surface area (Å²) in [5, 5.41) is 12.2. The smallest absolute Gasteiger partial charge is 0.339 e. The molecule has 0 aliphatic carbocycles. The largest absolute Gasteiger partial charge is 0.494 e. The van der Waals surface area contributed by atoms with Gasteiger partial charge in [-0.2, -0.15) is 13.7 Å². The topological polar surface area (TPSA) is 105 Å². The van der Waals surface area contributed by atoms with Gasteiger partial charge in [0.2, 0.25) is 0 Å². The highest BCUT2D eigenvalue weighted by molar-refractivity contribution is 7.87. The lowest BCUT2D eigenvalue weighted by atomic mass is 10.1. The van der Waals surface area contributed by atoms with E-state index in [4.69, 9.17) is 43.7 Å². The van der Waals surface area contributed by atoms with Gasteiger partial charge in [-0.1, -0.05) is 34.8 Å². The number of nitrogens with one attached hydrogen (secondary N) is 1. The first-order valence-corrected chi connectivity index (χ1v) is 12.5. The van der Waals surface area contributed by atoms with Gasteiger partial charge in [-0.05, 0) is 79.2 Å². The van der Waals surface area contributed by atoms with E-state index >= 15 is 0 Å². The molecule has 1 N–H and O–H groups in total. The van der Waals surface area contributed by atoms with Crippen molar-refractivity contribution in [3.8, 4) is 17.6 Å². The van der Waals surface area contributed by atoms with Gasteiger partial charge in [0.25, 0.3) is 5.91 Å². The fourth-order valence-electron chi connectivity index (χ4n) is 2.82. The number of amides is 1. The van der Waals surface area contributed by atoms with E-state index in [1.165, 1.54) is 42.5 Å². The number of carbonyl (C=O) groups excluding carboxylic acids is 1. The Morgan fingerprint density at radius 2 is 1.63 bits per heavy atom. The zero-order valence-corrected chi connectivity index (χ0v) is 21.2. The molecule has 3 aromatic rings. The molecule has 0 spiro atoms. The van der Waals surface area contributed by atoms with E-state index in [9.17, 15) is 18.5 Å². The van der Waals surface area contributed by atoms with Gasteiger partial charge in [-0.15, -0.1) is 0 Å². The average molecular weight is 552 g/mol. The van der Waals surface area contributed by atoms with Crippen LogP contribution in [0.5, 0.6) is 11.5 Å². The summed E-state index contributed by atoms with van der Waals surface area (Å²) < 4.78 is 35.6. The number of hydrogen-bond donors (Lipinski definition) is 1. The van der Waals surface area contributed by atoms with Crippen molar-refractivity contribution in [2.45, 2.75) is 11.8 Å². The molecule has 0 unspecified atom stereocenters. The zero-order valence-electron chi connectivity index (χ0n) is 18.1. The molecule has 11 heteroatoms. The molecule has 0 aliphatic rings. The van der Waals surface area contributed by atoms with Crippen molar-refractivity contribution in [1.82, 2.24) is 0 Å². The molecule has 0 aliphatic heterocycles. The minimum Gasteiger partial charge on any atom is -0.494 e. The molecule has 1 amide bonds. The van der Waals surface area contributed by atoms with E-state index in [-0.39, 0.29) is 31.8 Å². The van der Waals surface area contributed by atoms with Crippen LogP contribution in [0.3, 0.4) is 0 Å². The number of rotatable bonds is 8. The van der Waals surface area contributed by atoms with Crippen molar-refractivity contribution >= 4 is 62.6 Å². The molecule has 0 radical (unpaired) electrons. The molecule has 7 nitrogen and oxygen atoms in total. The van der Waals surface area contributed by atoms with Crippen LogP contribution in [-0.4, -0.2) is 20.9 Å². The zero-order chi connectivity index (χ0) is 25.6. The Hall–Kier alpha value is -3.22. The van der Waals surface area contributed by atoms with E-state index < -0.39 is 16.0 Å². The molecule has 0 aromatic heterocycles. The molecule has 0 heterocycles. The highest BCUT2D eigenvalue weighted by atomic mass is 35.5. The molecule has 0 saturated carbocycles. The quantitative estimate of drug-likeness (QED) is 0.198. The van der Waals surface area contributed by atoms with Gasteiger partial charge in [0.1, 0.15) is 22.3 Å². The number of nitrogens with zero attached hydrogens (tertiary/aromatic N) is 1. The third-order valence-electron chi connectivity index (χ3n) is 4.42. The summed E-state index contributed by atoms with van der Waals surface area (Å²) in [6.07, 6.45) is 1.26. The molecule has 0 fully saturated rings. The average Bonchev–Trinajstić information content (AvgIpc) is 2.81. The molecule has 35 heavy (non-hydrogen) atoms. The lowest BCUT2D eigenvalue weighted by Crippen LogP contribution is -2.13. The van der Waals surface area contributed by atoms with E-state index in [2.05, 4.69) is 5.32 Å². The standard InChI is InChI=1S/C24H17Cl3N2O5S/c1-2-33-19-7-5-18(6-8-19)29-24(30)16(14-28)11-15-12-21(26)23(22(27)13-15)34-35(31,32)20-9-3-17(25)4-10-20/h3-13H,2H2,1H3,(H,29,30)/b16-11+. The Bertz CT molecular complexity index is 1390. The van der Waals surface area contributed by atoms with Crippen molar-refractivity contribution in [3.05, 3.63) is 86.9 Å². The fourth-order valence-corrected chi connectivity index (χ4v) is 4.58. The van der Waals surface area contributed by atoms with Crippen LogP contribution in [0, 0.1) is 11.3 Å². The summed E-state index contributed by atoms with van der Waals surface area (Å²) >= 11 is 18.2. The Morgan fingerprint density at radius 3 is 2.17 bits per heavy atom. The van der Waals surface area contributed by atoms with E-state index in [1.807, 2.05) is 13.0 Å². The van der Waals surface area contributed by atoms with E-state index in [0.29, 0.717) is 23.1 Å². The number of benzene rings is 3. The highest BCUT2D eigenvalue weighted by Crippen LogP contribution is 2.37. The van der Waals surface area contributed by atoms with Crippen LogP contribution in [0.15, 0.2) is 71.1 Å². The lowest BCUT2D eigenvalue weighted by Gasteiger charge is -2.11. The number of nitriles is 1. The van der Waals surface area contributed by atoms with Crippen LogP contribution in [0.25, 0.3) is 6.08 Å². The first-order chi connectivity index (χ1) is 16.6. The fraction of sp³-hybridized carbons (Fsp3) is 0.0833. The maximum absolute atomic E-state index is 12.6. The molecular formula is C24H17Cl3N2O5S. The van der Waals surface area contributed by atoms with Crippen LogP contribution in [-0.2, 0) is 14.9 Å². The summed E-state index contributed by atoms with van der Waals surface area (Å²) in [7, 11) is -4.24. The minimum absolute atomic E-state index is 0.134. The second-order valence-electron chi connectivity index (χ2n) is 6.89. The van der Waals surface area contributed by atoms with Crippen LogP contribution >= 0.6 is 34.8 Å².